The van der Waals surface area contributed by atoms with Crippen molar-refractivity contribution in [3.63, 3.8) is 0 Å². The summed E-state index contributed by atoms with van der Waals surface area (Å²) in [5, 5.41) is 0. The molecular weight excluding hydrogens is 320 g/mol. The van der Waals surface area contributed by atoms with E-state index in [0.717, 1.165) is 22.1 Å². The number of alkyl halides is 1. The van der Waals surface area contributed by atoms with E-state index < -0.39 is 0 Å². The highest BCUT2D eigenvalue weighted by molar-refractivity contribution is 9.10. The summed E-state index contributed by atoms with van der Waals surface area (Å²) in [6, 6.07) is 6.29. The van der Waals surface area contributed by atoms with Crippen molar-refractivity contribution in [1.29, 1.82) is 0 Å². The molecule has 1 saturated carbocycles. The second-order valence-electron chi connectivity index (χ2n) is 4.17. The Balaban J connectivity index is 2.18. The van der Waals surface area contributed by atoms with Crippen LogP contribution in [0.1, 0.15) is 23.7 Å². The molecule has 0 aromatic heterocycles. The summed E-state index contributed by atoms with van der Waals surface area (Å²) >= 11 is 7.29. The summed E-state index contributed by atoms with van der Waals surface area (Å²) in [6.45, 7) is 2.30. The molecule has 1 aromatic carbocycles. The summed E-state index contributed by atoms with van der Waals surface area (Å²) in [5.41, 5.74) is 1.33. The first-order valence-electron chi connectivity index (χ1n) is 5.11. The van der Waals surface area contributed by atoms with Gasteiger partial charge in [0.25, 0.3) is 0 Å². The monoisotopic (exact) mass is 332 g/mol. The van der Waals surface area contributed by atoms with E-state index in [-0.39, 0.29) is 0 Å². The average Bonchev–Trinajstić information content (AvgIpc) is 2.94. The first-order valence-corrected chi connectivity index (χ1v) is 6.82. The summed E-state index contributed by atoms with van der Waals surface area (Å²) in [4.78, 5) is 0.481. The second-order valence-corrected chi connectivity index (χ2v) is 6.01. The van der Waals surface area contributed by atoms with Crippen molar-refractivity contribution in [1.82, 2.24) is 0 Å². The number of rotatable bonds is 3. The van der Waals surface area contributed by atoms with E-state index in [4.69, 9.17) is 4.74 Å². The molecule has 1 fully saturated rings. The van der Waals surface area contributed by atoms with Crippen LogP contribution in [-0.4, -0.2) is 7.11 Å². The second kappa shape index (κ2) is 4.46. The summed E-state index contributed by atoms with van der Waals surface area (Å²) in [7, 11) is 1.69. The van der Waals surface area contributed by atoms with Crippen molar-refractivity contribution < 1.29 is 4.74 Å². The SMILES string of the molecule is COc1ccc(C(Br)C2CC2C)cc1Br. The minimum absolute atomic E-state index is 0.481. The van der Waals surface area contributed by atoms with Crippen LogP contribution in [-0.2, 0) is 0 Å². The fourth-order valence-corrected chi connectivity index (χ4v) is 3.44. The van der Waals surface area contributed by atoms with Gasteiger partial charge < -0.3 is 4.74 Å². The zero-order valence-electron chi connectivity index (χ0n) is 8.84. The predicted octanol–water partition coefficient (Wildman–Crippen LogP) is 4.55. The molecule has 1 aliphatic rings. The van der Waals surface area contributed by atoms with Gasteiger partial charge in [0.05, 0.1) is 11.6 Å². The highest BCUT2D eigenvalue weighted by atomic mass is 79.9. The molecule has 1 nitrogen and oxygen atoms in total. The molecule has 82 valence electrons. The van der Waals surface area contributed by atoms with Gasteiger partial charge in [-0.25, -0.2) is 0 Å². The van der Waals surface area contributed by atoms with Gasteiger partial charge in [-0.15, -0.1) is 0 Å². The molecule has 3 unspecified atom stereocenters. The van der Waals surface area contributed by atoms with E-state index in [2.05, 4.69) is 50.9 Å². The van der Waals surface area contributed by atoms with Crippen molar-refractivity contribution >= 4 is 31.9 Å². The van der Waals surface area contributed by atoms with Gasteiger partial charge in [-0.2, -0.15) is 0 Å². The minimum Gasteiger partial charge on any atom is -0.496 e. The maximum absolute atomic E-state index is 5.21. The lowest BCUT2D eigenvalue weighted by atomic mass is 10.1. The van der Waals surface area contributed by atoms with Crippen LogP contribution in [0.25, 0.3) is 0 Å². The summed E-state index contributed by atoms with van der Waals surface area (Å²) in [5.74, 6) is 2.54. The lowest BCUT2D eigenvalue weighted by molar-refractivity contribution is 0.412. The predicted molar refractivity (Wildman–Crippen MR) is 69.6 cm³/mol. The third kappa shape index (κ3) is 2.39. The Hall–Kier alpha value is -0.0200. The molecule has 0 spiro atoms. The zero-order chi connectivity index (χ0) is 11.0. The molecule has 0 aliphatic heterocycles. The Kier molecular flexibility index (Phi) is 3.41. The van der Waals surface area contributed by atoms with Gasteiger partial charge in [0, 0.05) is 4.83 Å². The van der Waals surface area contributed by atoms with Crippen LogP contribution in [0, 0.1) is 11.8 Å². The van der Waals surface area contributed by atoms with E-state index in [1.54, 1.807) is 7.11 Å². The van der Waals surface area contributed by atoms with E-state index >= 15 is 0 Å². The van der Waals surface area contributed by atoms with Gasteiger partial charge >= 0.3 is 0 Å². The first-order chi connectivity index (χ1) is 7.13. The lowest BCUT2D eigenvalue weighted by Crippen LogP contribution is -1.94. The fourth-order valence-electron chi connectivity index (χ4n) is 1.86. The van der Waals surface area contributed by atoms with Crippen molar-refractivity contribution in [3.05, 3.63) is 28.2 Å². The highest BCUT2D eigenvalue weighted by Gasteiger charge is 2.38. The van der Waals surface area contributed by atoms with Crippen LogP contribution in [0.5, 0.6) is 5.75 Å². The molecule has 2 rings (SSSR count). The topological polar surface area (TPSA) is 9.23 Å². The number of hydrogen-bond acceptors (Lipinski definition) is 1. The third-order valence-electron chi connectivity index (χ3n) is 3.04. The van der Waals surface area contributed by atoms with Crippen LogP contribution in [0.4, 0.5) is 0 Å². The molecule has 0 radical (unpaired) electrons. The number of halogens is 2. The Morgan fingerprint density at radius 1 is 1.47 bits per heavy atom. The van der Waals surface area contributed by atoms with Crippen molar-refractivity contribution in [2.75, 3.05) is 7.11 Å². The summed E-state index contributed by atoms with van der Waals surface area (Å²) < 4.78 is 6.24. The van der Waals surface area contributed by atoms with E-state index in [1.165, 1.54) is 12.0 Å². The van der Waals surface area contributed by atoms with Crippen molar-refractivity contribution in [3.8, 4) is 5.75 Å². The summed E-state index contributed by atoms with van der Waals surface area (Å²) in [6.07, 6.45) is 1.33. The molecule has 0 amide bonds. The molecule has 0 heterocycles. The van der Waals surface area contributed by atoms with Crippen LogP contribution in [0.15, 0.2) is 22.7 Å². The average molecular weight is 334 g/mol. The maximum atomic E-state index is 5.21. The van der Waals surface area contributed by atoms with Gasteiger partial charge in [-0.1, -0.05) is 28.9 Å². The quantitative estimate of drug-likeness (QED) is 0.737. The minimum atomic E-state index is 0.481. The van der Waals surface area contributed by atoms with Crippen LogP contribution in [0.2, 0.25) is 0 Å². The molecular formula is C12H14Br2O. The molecule has 3 atom stereocenters. The third-order valence-corrected chi connectivity index (χ3v) is 4.87. The van der Waals surface area contributed by atoms with Crippen molar-refractivity contribution in [2.24, 2.45) is 11.8 Å². The molecule has 0 bridgehead atoms. The molecule has 1 aliphatic carbocycles. The van der Waals surface area contributed by atoms with Gasteiger partial charge in [0.2, 0.25) is 0 Å². The van der Waals surface area contributed by atoms with Crippen molar-refractivity contribution in [2.45, 2.75) is 18.2 Å². The van der Waals surface area contributed by atoms with Gasteiger partial charge in [0.15, 0.2) is 0 Å². The van der Waals surface area contributed by atoms with Crippen LogP contribution in [0.3, 0.4) is 0 Å². The normalized spacial score (nSPS) is 26.1. The maximum Gasteiger partial charge on any atom is 0.133 e. The van der Waals surface area contributed by atoms with Gasteiger partial charge in [0.1, 0.15) is 5.75 Å². The molecule has 3 heteroatoms. The van der Waals surface area contributed by atoms with E-state index in [1.807, 2.05) is 6.07 Å². The first kappa shape index (κ1) is 11.5. The Morgan fingerprint density at radius 2 is 2.13 bits per heavy atom. The van der Waals surface area contributed by atoms with E-state index in [0.29, 0.717) is 4.83 Å². The number of hydrogen-bond donors (Lipinski definition) is 0. The number of benzene rings is 1. The van der Waals surface area contributed by atoms with Gasteiger partial charge in [-0.05, 0) is 51.9 Å². The zero-order valence-corrected chi connectivity index (χ0v) is 12.0. The Morgan fingerprint density at radius 3 is 2.60 bits per heavy atom. The molecule has 1 aromatic rings. The largest absolute Gasteiger partial charge is 0.496 e. The Labute approximate surface area is 107 Å². The number of ether oxygens (including phenoxy) is 1. The van der Waals surface area contributed by atoms with E-state index in [9.17, 15) is 0 Å². The molecule has 15 heavy (non-hydrogen) atoms. The smallest absolute Gasteiger partial charge is 0.133 e. The molecule has 0 saturated heterocycles. The fraction of sp³-hybridized carbons (Fsp3) is 0.500. The standard InChI is InChI=1S/C12H14Br2O/c1-7-5-9(7)12(14)8-3-4-11(15-2)10(13)6-8/h3-4,6-7,9,12H,5H2,1-2H3. The van der Waals surface area contributed by atoms with Gasteiger partial charge in [-0.3, -0.25) is 0 Å². The highest BCUT2D eigenvalue weighted by Crippen LogP contribution is 2.51. The number of methoxy groups -OCH3 is 1. The Bertz CT molecular complexity index is 365. The van der Waals surface area contributed by atoms with Crippen LogP contribution < -0.4 is 4.74 Å². The van der Waals surface area contributed by atoms with Crippen LogP contribution >= 0.6 is 31.9 Å². The lowest BCUT2D eigenvalue weighted by Gasteiger charge is -2.11. The molecule has 0 N–H and O–H groups in total.